The van der Waals surface area contributed by atoms with Gasteiger partial charge in [0.05, 0.1) is 5.56 Å². The number of anilines is 1. The number of hydrogen-bond acceptors (Lipinski definition) is 4. The zero-order valence-electron chi connectivity index (χ0n) is 13.6. The molecule has 3 aromatic carbocycles. The summed E-state index contributed by atoms with van der Waals surface area (Å²) in [6.45, 7) is 1.19. The van der Waals surface area contributed by atoms with E-state index in [4.69, 9.17) is 11.5 Å². The van der Waals surface area contributed by atoms with Crippen LogP contribution in [0.25, 0.3) is 10.8 Å². The third-order valence-electron chi connectivity index (χ3n) is 3.31. The van der Waals surface area contributed by atoms with Gasteiger partial charge in [-0.25, -0.2) is 0 Å². The smallest absolute Gasteiger partial charge is 0.507 e. The van der Waals surface area contributed by atoms with Gasteiger partial charge >= 0.3 is 17.1 Å². The summed E-state index contributed by atoms with van der Waals surface area (Å²) in [5.41, 5.74) is 10.8. The van der Waals surface area contributed by atoms with Gasteiger partial charge in [0.15, 0.2) is 0 Å². The Kier molecular flexibility index (Phi) is 8.67. The fourth-order valence-electron chi connectivity index (χ4n) is 2.13. The molecule has 0 aromatic heterocycles. The van der Waals surface area contributed by atoms with Crippen molar-refractivity contribution < 1.29 is 27.0 Å². The molecule has 0 fully saturated rings. The summed E-state index contributed by atoms with van der Waals surface area (Å²) in [5, 5.41) is 14.6. The van der Waals surface area contributed by atoms with E-state index in [2.05, 4.69) is 5.32 Å². The number of carbonyl (C=O) groups is 1. The molecular formula is C19H21CuN3O2+. The van der Waals surface area contributed by atoms with Crippen molar-refractivity contribution in [3.8, 4) is 5.75 Å². The number of rotatable bonds is 3. The zero-order chi connectivity index (χ0) is 17.4. The second kappa shape index (κ2) is 10.5. The van der Waals surface area contributed by atoms with Gasteiger partial charge in [0.2, 0.25) is 0 Å². The predicted molar refractivity (Wildman–Crippen MR) is 98.1 cm³/mol. The number of aromatic hydroxyl groups is 1. The number of phenols is 1. The van der Waals surface area contributed by atoms with Crippen LogP contribution >= 0.6 is 0 Å². The number of benzene rings is 3. The monoisotopic (exact) mass is 386 g/mol. The maximum absolute atomic E-state index is 12.2. The molecule has 0 aliphatic carbocycles. The fourth-order valence-corrected chi connectivity index (χ4v) is 2.13. The van der Waals surface area contributed by atoms with E-state index in [9.17, 15) is 9.90 Å². The molecule has 0 bridgehead atoms. The van der Waals surface area contributed by atoms with Crippen LogP contribution in [0.5, 0.6) is 5.75 Å². The van der Waals surface area contributed by atoms with Crippen molar-refractivity contribution in [2.45, 2.75) is 0 Å². The Morgan fingerprint density at radius 2 is 1.40 bits per heavy atom. The largest absolute Gasteiger partial charge is 1.00 e. The van der Waals surface area contributed by atoms with E-state index in [0.29, 0.717) is 18.8 Å². The molecule has 0 heterocycles. The quantitative estimate of drug-likeness (QED) is 0.520. The van der Waals surface area contributed by atoms with Crippen molar-refractivity contribution in [3.63, 3.8) is 0 Å². The number of fused-ring (bicyclic) bond motifs is 1. The van der Waals surface area contributed by atoms with Crippen molar-refractivity contribution >= 4 is 22.4 Å². The van der Waals surface area contributed by atoms with Crippen LogP contribution in [0.1, 0.15) is 10.4 Å². The van der Waals surface area contributed by atoms with E-state index < -0.39 is 0 Å². The van der Waals surface area contributed by atoms with Gasteiger partial charge in [-0.2, -0.15) is 0 Å². The number of phenolic OH excluding ortho intramolecular Hbond substituents is 1. The van der Waals surface area contributed by atoms with Gasteiger partial charge < -0.3 is 21.9 Å². The SMILES string of the molecule is NCCN.O=C(Nc1ccccc1)c1cc2ccccc2cc1O.[Cu+]. The summed E-state index contributed by atoms with van der Waals surface area (Å²) >= 11 is 0. The Morgan fingerprint density at radius 3 is 1.96 bits per heavy atom. The maximum atomic E-state index is 12.2. The molecule has 0 unspecified atom stereocenters. The molecule has 6 N–H and O–H groups in total. The Hall–Kier alpha value is -2.37. The Morgan fingerprint density at radius 1 is 0.880 bits per heavy atom. The Balaban J connectivity index is 0.000000568. The molecule has 0 saturated carbocycles. The number of carbonyl (C=O) groups excluding carboxylic acids is 1. The molecule has 3 aromatic rings. The first-order valence-corrected chi connectivity index (χ1v) is 7.64. The van der Waals surface area contributed by atoms with E-state index in [-0.39, 0.29) is 34.3 Å². The van der Waals surface area contributed by atoms with Gasteiger partial charge in [0, 0.05) is 18.8 Å². The van der Waals surface area contributed by atoms with Crippen molar-refractivity contribution in [1.82, 2.24) is 0 Å². The average molecular weight is 387 g/mol. The second-order valence-electron chi connectivity index (χ2n) is 5.11. The van der Waals surface area contributed by atoms with E-state index in [0.717, 1.165) is 10.8 Å². The molecule has 0 saturated heterocycles. The van der Waals surface area contributed by atoms with Gasteiger partial charge in [-0.1, -0.05) is 42.5 Å². The first-order valence-electron chi connectivity index (χ1n) is 7.64. The van der Waals surface area contributed by atoms with Crippen LogP contribution < -0.4 is 16.8 Å². The third kappa shape index (κ3) is 5.89. The maximum Gasteiger partial charge on any atom is 1.00 e. The van der Waals surface area contributed by atoms with Gasteiger partial charge in [0.1, 0.15) is 5.75 Å². The summed E-state index contributed by atoms with van der Waals surface area (Å²) in [6, 6.07) is 20.1. The summed E-state index contributed by atoms with van der Waals surface area (Å²) in [7, 11) is 0. The molecule has 0 aliphatic heterocycles. The van der Waals surface area contributed by atoms with Crippen molar-refractivity contribution in [2.24, 2.45) is 11.5 Å². The molecule has 25 heavy (non-hydrogen) atoms. The van der Waals surface area contributed by atoms with Crippen molar-refractivity contribution in [3.05, 3.63) is 72.3 Å². The average Bonchev–Trinajstić information content (AvgIpc) is 2.62. The molecule has 3 rings (SSSR count). The molecule has 0 aliphatic rings. The summed E-state index contributed by atoms with van der Waals surface area (Å²) in [6.07, 6.45) is 0. The van der Waals surface area contributed by atoms with Gasteiger partial charge in [-0.3, -0.25) is 4.79 Å². The minimum absolute atomic E-state index is 0. The summed E-state index contributed by atoms with van der Waals surface area (Å²) in [5.74, 6) is -0.336. The summed E-state index contributed by atoms with van der Waals surface area (Å²) < 4.78 is 0. The molecule has 6 heteroatoms. The minimum Gasteiger partial charge on any atom is -0.507 e. The van der Waals surface area contributed by atoms with E-state index >= 15 is 0 Å². The topological polar surface area (TPSA) is 101 Å². The van der Waals surface area contributed by atoms with Crippen LogP contribution in [0, 0.1) is 0 Å². The summed E-state index contributed by atoms with van der Waals surface area (Å²) in [4.78, 5) is 12.2. The number of nitrogens with one attached hydrogen (secondary N) is 1. The van der Waals surface area contributed by atoms with Crippen LogP contribution in [0.3, 0.4) is 0 Å². The molecule has 5 nitrogen and oxygen atoms in total. The van der Waals surface area contributed by atoms with Gasteiger partial charge in [-0.15, -0.1) is 0 Å². The minimum atomic E-state index is -0.320. The van der Waals surface area contributed by atoms with Crippen molar-refractivity contribution in [1.29, 1.82) is 0 Å². The van der Waals surface area contributed by atoms with Crippen LogP contribution in [-0.4, -0.2) is 24.1 Å². The Labute approximate surface area is 157 Å². The van der Waals surface area contributed by atoms with Crippen LogP contribution in [-0.2, 0) is 17.1 Å². The first-order chi connectivity index (χ1) is 11.7. The first kappa shape index (κ1) is 20.7. The van der Waals surface area contributed by atoms with Gasteiger partial charge in [0.25, 0.3) is 5.91 Å². The van der Waals surface area contributed by atoms with Crippen LogP contribution in [0.4, 0.5) is 5.69 Å². The number of para-hydroxylation sites is 1. The third-order valence-corrected chi connectivity index (χ3v) is 3.31. The molecule has 0 radical (unpaired) electrons. The van der Waals surface area contributed by atoms with E-state index in [1.165, 1.54) is 0 Å². The molecular weight excluding hydrogens is 366 g/mol. The molecule has 0 spiro atoms. The molecule has 0 atom stereocenters. The predicted octanol–water partition coefficient (Wildman–Crippen LogP) is 2.70. The zero-order valence-corrected chi connectivity index (χ0v) is 14.5. The number of nitrogens with two attached hydrogens (primary N) is 2. The van der Waals surface area contributed by atoms with Crippen LogP contribution in [0.2, 0.25) is 0 Å². The Bertz CT molecular complexity index is 808. The molecule has 1 amide bonds. The fraction of sp³-hybridized carbons (Fsp3) is 0.105. The number of hydrogen-bond donors (Lipinski definition) is 4. The van der Waals surface area contributed by atoms with Gasteiger partial charge in [-0.05, 0) is 35.0 Å². The second-order valence-corrected chi connectivity index (χ2v) is 5.11. The van der Waals surface area contributed by atoms with Crippen molar-refractivity contribution in [2.75, 3.05) is 18.4 Å². The van der Waals surface area contributed by atoms with E-state index in [1.807, 2.05) is 42.5 Å². The normalized spacial score (nSPS) is 9.52. The molecule has 134 valence electrons. The van der Waals surface area contributed by atoms with Crippen LogP contribution in [0.15, 0.2) is 66.7 Å². The standard InChI is InChI=1S/C17H13NO2.C2H8N2.Cu/c19-16-11-13-7-5-4-6-12(13)10-15(16)17(20)18-14-8-2-1-3-9-14;3-1-2-4;/h1-11,19H,(H,18,20);1-4H2;/q;;+1. The van der Waals surface area contributed by atoms with E-state index in [1.54, 1.807) is 24.3 Å². The number of amides is 1.